The van der Waals surface area contributed by atoms with E-state index >= 15 is 0 Å². The molecule has 0 bridgehead atoms. The van der Waals surface area contributed by atoms with Crippen molar-refractivity contribution in [2.45, 2.75) is 31.7 Å². The van der Waals surface area contributed by atoms with E-state index in [-0.39, 0.29) is 11.9 Å². The summed E-state index contributed by atoms with van der Waals surface area (Å²) in [6.45, 7) is 4.41. The molecule has 1 rings (SSSR count). The molecule has 1 unspecified atom stereocenters. The second-order valence-corrected chi connectivity index (χ2v) is 5.89. The lowest BCUT2D eigenvalue weighted by Gasteiger charge is -2.27. The Morgan fingerprint density at radius 3 is 2.53 bits per heavy atom. The Morgan fingerprint density at radius 2 is 2.00 bits per heavy atom. The smallest absolute Gasteiger partial charge is 0.230 e. The van der Waals surface area contributed by atoms with Gasteiger partial charge < -0.3 is 10.1 Å². The number of benzene rings is 1. The molecular formula is C15H22BrNO2. The number of carbonyl (C=O) groups is 1. The predicted octanol–water partition coefficient (Wildman–Crippen LogP) is 2.88. The number of halogens is 1. The quantitative estimate of drug-likeness (QED) is 0.782. The van der Waals surface area contributed by atoms with Crippen molar-refractivity contribution in [3.05, 3.63) is 35.9 Å². The molecule has 106 valence electrons. The lowest BCUT2D eigenvalue weighted by Crippen LogP contribution is -2.47. The first-order valence-corrected chi connectivity index (χ1v) is 7.56. The zero-order valence-electron chi connectivity index (χ0n) is 11.8. The lowest BCUT2D eigenvalue weighted by molar-refractivity contribution is -0.126. The number of rotatable bonds is 7. The van der Waals surface area contributed by atoms with Gasteiger partial charge in [0.25, 0.3) is 0 Å². The minimum atomic E-state index is -0.542. The maximum absolute atomic E-state index is 12.4. The highest BCUT2D eigenvalue weighted by molar-refractivity contribution is 9.09. The fourth-order valence-electron chi connectivity index (χ4n) is 1.88. The normalized spacial score (nSPS) is 13.1. The lowest BCUT2D eigenvalue weighted by atomic mass is 9.83. The monoisotopic (exact) mass is 327 g/mol. The van der Waals surface area contributed by atoms with Crippen LogP contribution in [0.3, 0.4) is 0 Å². The topological polar surface area (TPSA) is 38.3 Å². The third kappa shape index (κ3) is 4.62. The Morgan fingerprint density at radius 1 is 1.37 bits per heavy atom. The number of carbonyl (C=O) groups excluding carboxylic acids is 1. The first kappa shape index (κ1) is 16.2. The standard InChI is InChI=1S/C15H22BrNO2/c1-15(2,12-7-5-4-6-8-12)14(18)17-13(9-10-16)11-19-3/h4-8,13H,9-11H2,1-3H3,(H,17,18). The van der Waals surface area contributed by atoms with Crippen LogP contribution in [0.15, 0.2) is 30.3 Å². The van der Waals surface area contributed by atoms with E-state index in [2.05, 4.69) is 21.2 Å². The van der Waals surface area contributed by atoms with Gasteiger partial charge in [0.05, 0.1) is 18.1 Å². The number of methoxy groups -OCH3 is 1. The average Bonchev–Trinajstić information content (AvgIpc) is 2.40. The van der Waals surface area contributed by atoms with Crippen molar-refractivity contribution in [1.82, 2.24) is 5.32 Å². The molecule has 4 heteroatoms. The Balaban J connectivity index is 2.75. The van der Waals surface area contributed by atoms with Gasteiger partial charge in [0.1, 0.15) is 0 Å². The van der Waals surface area contributed by atoms with Crippen LogP contribution in [0, 0.1) is 0 Å². The molecule has 1 atom stereocenters. The maximum Gasteiger partial charge on any atom is 0.230 e. The summed E-state index contributed by atoms with van der Waals surface area (Å²) in [5, 5.41) is 3.90. The van der Waals surface area contributed by atoms with Crippen LogP contribution in [0.25, 0.3) is 0 Å². The van der Waals surface area contributed by atoms with Crippen molar-refractivity contribution >= 4 is 21.8 Å². The number of ether oxygens (including phenoxy) is 1. The Bertz CT molecular complexity index is 386. The summed E-state index contributed by atoms with van der Waals surface area (Å²) in [6.07, 6.45) is 0.852. The number of amides is 1. The third-order valence-corrected chi connectivity index (χ3v) is 3.68. The SMILES string of the molecule is COCC(CCBr)NC(=O)C(C)(C)c1ccccc1. The van der Waals surface area contributed by atoms with Gasteiger partial charge in [0, 0.05) is 12.4 Å². The van der Waals surface area contributed by atoms with Gasteiger partial charge in [-0.05, 0) is 25.8 Å². The van der Waals surface area contributed by atoms with E-state index in [1.54, 1.807) is 7.11 Å². The van der Waals surface area contributed by atoms with E-state index < -0.39 is 5.41 Å². The van der Waals surface area contributed by atoms with Gasteiger partial charge in [-0.2, -0.15) is 0 Å². The maximum atomic E-state index is 12.4. The zero-order chi connectivity index (χ0) is 14.3. The van der Waals surface area contributed by atoms with Crippen molar-refractivity contribution in [3.8, 4) is 0 Å². The molecule has 1 N–H and O–H groups in total. The van der Waals surface area contributed by atoms with Crippen LogP contribution in [-0.4, -0.2) is 31.0 Å². The second-order valence-electron chi connectivity index (χ2n) is 5.09. The summed E-state index contributed by atoms with van der Waals surface area (Å²) in [4.78, 5) is 12.4. The van der Waals surface area contributed by atoms with Crippen LogP contribution in [0.5, 0.6) is 0 Å². The number of hydrogen-bond donors (Lipinski definition) is 1. The van der Waals surface area contributed by atoms with Crippen LogP contribution in [0.4, 0.5) is 0 Å². The first-order valence-electron chi connectivity index (χ1n) is 6.43. The first-order chi connectivity index (χ1) is 9.02. The second kappa shape index (κ2) is 7.65. The molecule has 3 nitrogen and oxygen atoms in total. The van der Waals surface area contributed by atoms with Crippen LogP contribution in [-0.2, 0) is 14.9 Å². The number of hydrogen-bond acceptors (Lipinski definition) is 2. The molecule has 1 aromatic rings. The number of nitrogens with one attached hydrogen (secondary N) is 1. The minimum absolute atomic E-state index is 0.0294. The molecule has 19 heavy (non-hydrogen) atoms. The average molecular weight is 328 g/mol. The fraction of sp³-hybridized carbons (Fsp3) is 0.533. The molecular weight excluding hydrogens is 306 g/mol. The summed E-state index contributed by atoms with van der Waals surface area (Å²) < 4.78 is 5.14. The zero-order valence-corrected chi connectivity index (χ0v) is 13.4. The highest BCUT2D eigenvalue weighted by Gasteiger charge is 2.30. The Kier molecular flexibility index (Phi) is 6.52. The van der Waals surface area contributed by atoms with Gasteiger partial charge >= 0.3 is 0 Å². The van der Waals surface area contributed by atoms with E-state index in [1.807, 2.05) is 44.2 Å². The minimum Gasteiger partial charge on any atom is -0.383 e. The van der Waals surface area contributed by atoms with E-state index in [4.69, 9.17) is 4.74 Å². The van der Waals surface area contributed by atoms with Gasteiger partial charge in [0.2, 0.25) is 5.91 Å². The molecule has 0 saturated heterocycles. The van der Waals surface area contributed by atoms with Gasteiger partial charge in [-0.15, -0.1) is 0 Å². The van der Waals surface area contributed by atoms with Crippen molar-refractivity contribution in [3.63, 3.8) is 0 Å². The van der Waals surface area contributed by atoms with Crippen LogP contribution in [0.1, 0.15) is 25.8 Å². The largest absolute Gasteiger partial charge is 0.383 e. The third-order valence-electron chi connectivity index (χ3n) is 3.22. The molecule has 0 aliphatic rings. The van der Waals surface area contributed by atoms with E-state index in [1.165, 1.54) is 0 Å². The molecule has 1 amide bonds. The molecule has 0 radical (unpaired) electrons. The summed E-state index contributed by atoms with van der Waals surface area (Å²) in [6, 6.07) is 9.87. The van der Waals surface area contributed by atoms with Gasteiger partial charge in [-0.25, -0.2) is 0 Å². The van der Waals surface area contributed by atoms with Crippen LogP contribution < -0.4 is 5.32 Å². The molecule has 1 aromatic carbocycles. The van der Waals surface area contributed by atoms with Crippen LogP contribution >= 0.6 is 15.9 Å². The van der Waals surface area contributed by atoms with E-state index in [0.717, 1.165) is 17.3 Å². The molecule has 0 aliphatic heterocycles. The highest BCUT2D eigenvalue weighted by Crippen LogP contribution is 2.23. The van der Waals surface area contributed by atoms with Crippen molar-refractivity contribution < 1.29 is 9.53 Å². The van der Waals surface area contributed by atoms with Gasteiger partial charge in [-0.1, -0.05) is 46.3 Å². The molecule has 0 heterocycles. The predicted molar refractivity (Wildman–Crippen MR) is 81.7 cm³/mol. The summed E-state index contributed by atoms with van der Waals surface area (Å²) in [5.74, 6) is 0.0294. The van der Waals surface area contributed by atoms with Crippen molar-refractivity contribution in [2.24, 2.45) is 0 Å². The number of alkyl halides is 1. The van der Waals surface area contributed by atoms with Crippen LogP contribution in [0.2, 0.25) is 0 Å². The Labute approximate surface area is 123 Å². The van der Waals surface area contributed by atoms with Gasteiger partial charge in [0.15, 0.2) is 0 Å². The summed E-state index contributed by atoms with van der Waals surface area (Å²) >= 11 is 3.40. The van der Waals surface area contributed by atoms with E-state index in [0.29, 0.717) is 6.61 Å². The summed E-state index contributed by atoms with van der Waals surface area (Å²) in [5.41, 5.74) is 0.474. The summed E-state index contributed by atoms with van der Waals surface area (Å²) in [7, 11) is 1.65. The molecule has 0 fully saturated rings. The molecule has 0 saturated carbocycles. The fourth-order valence-corrected chi connectivity index (χ4v) is 2.43. The molecule has 0 aliphatic carbocycles. The Hall–Kier alpha value is -0.870. The van der Waals surface area contributed by atoms with Gasteiger partial charge in [-0.3, -0.25) is 4.79 Å². The van der Waals surface area contributed by atoms with Crippen molar-refractivity contribution in [2.75, 3.05) is 19.0 Å². The van der Waals surface area contributed by atoms with Crippen molar-refractivity contribution in [1.29, 1.82) is 0 Å². The van der Waals surface area contributed by atoms with E-state index in [9.17, 15) is 4.79 Å². The molecule has 0 spiro atoms. The molecule has 0 aromatic heterocycles. The highest BCUT2D eigenvalue weighted by atomic mass is 79.9.